The van der Waals surface area contributed by atoms with Crippen LogP contribution in [-0.2, 0) is 34.9 Å². The Hall–Kier alpha value is -3.03. The van der Waals surface area contributed by atoms with Gasteiger partial charge in [0, 0.05) is 18.4 Å². The van der Waals surface area contributed by atoms with Crippen molar-refractivity contribution >= 4 is 15.7 Å². The maximum atomic E-state index is 13.8. The Labute approximate surface area is 217 Å². The van der Waals surface area contributed by atoms with Crippen LogP contribution in [0.2, 0.25) is 0 Å². The van der Waals surface area contributed by atoms with Crippen molar-refractivity contribution in [1.29, 1.82) is 0 Å². The van der Waals surface area contributed by atoms with E-state index in [1.165, 1.54) is 12.1 Å². The van der Waals surface area contributed by atoms with Gasteiger partial charge >= 0.3 is 6.18 Å². The van der Waals surface area contributed by atoms with Crippen LogP contribution < -0.4 is 10.0 Å². The highest BCUT2D eigenvalue weighted by Gasteiger charge is 2.51. The quantitative estimate of drug-likeness (QED) is 0.422. The lowest BCUT2D eigenvalue weighted by molar-refractivity contribution is -0.258. The second kappa shape index (κ2) is 9.62. The van der Waals surface area contributed by atoms with Crippen molar-refractivity contribution in [2.45, 2.75) is 74.7 Å². The summed E-state index contributed by atoms with van der Waals surface area (Å²) in [6, 6.07) is 6.99. The van der Waals surface area contributed by atoms with E-state index in [2.05, 4.69) is 10.2 Å². The van der Waals surface area contributed by atoms with E-state index in [0.717, 1.165) is 34.6 Å². The summed E-state index contributed by atoms with van der Waals surface area (Å²) in [4.78, 5) is -0.195. The standard InChI is InChI=1S/C25H28F4N4O4S/c1-23(2,30)14-22-32-31-21(37-22)13-18-8-4-15-12-16(24(3,34)25(27,28)29)5-11-20(15)33(18)38(35,36)19-9-6-17(26)7-10-19/h5-7,9-12,18,34H,4,8,13-14,30H2,1-3H3/t18-,24?/m0/s1. The Bertz CT molecular complexity index is 1410. The molecule has 3 aromatic rings. The largest absolute Gasteiger partial charge is 0.425 e. The average Bonchev–Trinajstić information content (AvgIpc) is 3.22. The van der Waals surface area contributed by atoms with Crippen LogP contribution in [0, 0.1) is 5.82 Å². The smallest absolute Gasteiger partial charge is 0.421 e. The normalized spacial score (nSPS) is 18.2. The molecular weight excluding hydrogens is 528 g/mol. The van der Waals surface area contributed by atoms with Crippen LogP contribution in [0.1, 0.15) is 50.1 Å². The average molecular weight is 557 g/mol. The number of nitrogens with two attached hydrogens (primary N) is 1. The molecule has 2 heterocycles. The minimum atomic E-state index is -4.94. The van der Waals surface area contributed by atoms with E-state index >= 15 is 0 Å². The lowest BCUT2D eigenvalue weighted by atomic mass is 9.89. The summed E-state index contributed by atoms with van der Waals surface area (Å²) in [5.74, 6) is -0.163. The molecule has 0 radical (unpaired) electrons. The molecule has 0 saturated heterocycles. The lowest BCUT2D eigenvalue weighted by Crippen LogP contribution is -2.45. The van der Waals surface area contributed by atoms with Crippen LogP contribution in [0.3, 0.4) is 0 Å². The molecule has 0 fully saturated rings. The Morgan fingerprint density at radius 2 is 1.71 bits per heavy atom. The maximum absolute atomic E-state index is 13.8. The summed E-state index contributed by atoms with van der Waals surface area (Å²) in [6.07, 6.45) is -4.17. The highest BCUT2D eigenvalue weighted by Crippen LogP contribution is 2.43. The zero-order valence-corrected chi connectivity index (χ0v) is 21.8. The number of anilines is 1. The van der Waals surface area contributed by atoms with Crippen LogP contribution in [0.5, 0.6) is 0 Å². The Morgan fingerprint density at radius 1 is 1.08 bits per heavy atom. The topological polar surface area (TPSA) is 123 Å². The van der Waals surface area contributed by atoms with Gasteiger partial charge in [0.15, 0.2) is 5.60 Å². The molecule has 0 saturated carbocycles. The third-order valence-corrected chi connectivity index (χ3v) is 8.29. The number of alkyl halides is 3. The zero-order valence-electron chi connectivity index (χ0n) is 21.0. The molecule has 1 aliphatic heterocycles. The number of halogens is 4. The summed E-state index contributed by atoms with van der Waals surface area (Å²) in [5, 5.41) is 18.2. The number of benzene rings is 2. The van der Waals surface area contributed by atoms with E-state index in [1.807, 2.05) is 0 Å². The van der Waals surface area contributed by atoms with Gasteiger partial charge in [-0.25, -0.2) is 12.8 Å². The molecule has 0 spiro atoms. The Balaban J connectivity index is 1.76. The van der Waals surface area contributed by atoms with E-state index < -0.39 is 44.8 Å². The Kier molecular flexibility index (Phi) is 7.08. The van der Waals surface area contributed by atoms with Gasteiger partial charge in [0.1, 0.15) is 5.82 Å². The molecule has 206 valence electrons. The van der Waals surface area contributed by atoms with Crippen molar-refractivity contribution in [3.63, 3.8) is 0 Å². The first-order valence-corrected chi connectivity index (χ1v) is 13.3. The third kappa shape index (κ3) is 5.54. The second-order valence-corrected chi connectivity index (χ2v) is 12.1. The Morgan fingerprint density at radius 3 is 2.32 bits per heavy atom. The minimum Gasteiger partial charge on any atom is -0.425 e. The molecule has 2 aromatic carbocycles. The highest BCUT2D eigenvalue weighted by molar-refractivity contribution is 7.92. The number of aromatic nitrogens is 2. The number of fused-ring (bicyclic) bond motifs is 1. The second-order valence-electron chi connectivity index (χ2n) is 10.3. The summed E-state index contributed by atoms with van der Waals surface area (Å²) in [7, 11) is -4.29. The number of aryl methyl sites for hydroxylation is 1. The van der Waals surface area contributed by atoms with Gasteiger partial charge in [0.2, 0.25) is 11.8 Å². The molecule has 1 aromatic heterocycles. The van der Waals surface area contributed by atoms with Crippen LogP contribution in [0.4, 0.5) is 23.2 Å². The third-order valence-electron chi connectivity index (χ3n) is 6.41. The molecule has 3 N–H and O–H groups in total. The van der Waals surface area contributed by atoms with Crippen molar-refractivity contribution in [3.8, 4) is 0 Å². The summed E-state index contributed by atoms with van der Waals surface area (Å²) in [5.41, 5.74) is 2.32. The van der Waals surface area contributed by atoms with Crippen LogP contribution in [0.15, 0.2) is 51.8 Å². The van der Waals surface area contributed by atoms with Crippen molar-refractivity contribution in [2.75, 3.05) is 4.31 Å². The van der Waals surface area contributed by atoms with Crippen molar-refractivity contribution in [1.82, 2.24) is 10.2 Å². The number of sulfonamides is 1. The van der Waals surface area contributed by atoms with E-state index in [-0.39, 0.29) is 41.6 Å². The zero-order chi connectivity index (χ0) is 28.1. The van der Waals surface area contributed by atoms with Gasteiger partial charge in [0.05, 0.1) is 16.6 Å². The number of nitrogens with zero attached hydrogens (tertiary/aromatic N) is 3. The minimum absolute atomic E-state index is 0.0277. The molecule has 0 bridgehead atoms. The molecule has 2 atom stereocenters. The fourth-order valence-electron chi connectivity index (χ4n) is 4.37. The van der Waals surface area contributed by atoms with Crippen molar-refractivity contribution in [2.24, 2.45) is 5.73 Å². The van der Waals surface area contributed by atoms with Gasteiger partial charge in [-0.1, -0.05) is 12.1 Å². The molecule has 0 amide bonds. The first-order valence-electron chi connectivity index (χ1n) is 11.8. The summed E-state index contributed by atoms with van der Waals surface area (Å²) in [6.45, 7) is 4.22. The van der Waals surface area contributed by atoms with Gasteiger partial charge in [-0.05, 0) is 75.1 Å². The van der Waals surface area contributed by atoms with Gasteiger partial charge in [0.25, 0.3) is 10.0 Å². The fourth-order valence-corrected chi connectivity index (χ4v) is 6.08. The molecule has 8 nitrogen and oxygen atoms in total. The maximum Gasteiger partial charge on any atom is 0.421 e. The predicted octanol–water partition coefficient (Wildman–Crippen LogP) is 4.01. The number of hydrogen-bond acceptors (Lipinski definition) is 7. The summed E-state index contributed by atoms with van der Waals surface area (Å²) < 4.78 is 88.3. The van der Waals surface area contributed by atoms with E-state index in [9.17, 15) is 31.1 Å². The molecule has 4 rings (SSSR count). The van der Waals surface area contributed by atoms with Gasteiger partial charge in [-0.3, -0.25) is 4.31 Å². The molecule has 1 unspecified atom stereocenters. The van der Waals surface area contributed by atoms with E-state index in [4.69, 9.17) is 10.2 Å². The van der Waals surface area contributed by atoms with Crippen LogP contribution in [-0.4, -0.2) is 41.5 Å². The van der Waals surface area contributed by atoms with Crippen molar-refractivity contribution < 1.29 is 35.5 Å². The van der Waals surface area contributed by atoms with Crippen molar-refractivity contribution in [3.05, 3.63) is 71.2 Å². The lowest BCUT2D eigenvalue weighted by Gasteiger charge is -2.38. The molecule has 0 aliphatic carbocycles. The van der Waals surface area contributed by atoms with Crippen LogP contribution in [0.25, 0.3) is 0 Å². The molecule has 1 aliphatic rings. The molecule has 38 heavy (non-hydrogen) atoms. The van der Waals surface area contributed by atoms with Gasteiger partial charge < -0.3 is 15.3 Å². The predicted molar refractivity (Wildman–Crippen MR) is 130 cm³/mol. The summed E-state index contributed by atoms with van der Waals surface area (Å²) >= 11 is 0. The highest BCUT2D eigenvalue weighted by atomic mass is 32.2. The monoisotopic (exact) mass is 556 g/mol. The molecule has 13 heteroatoms. The first kappa shape index (κ1) is 28.0. The van der Waals surface area contributed by atoms with Gasteiger partial charge in [-0.2, -0.15) is 13.2 Å². The SMILES string of the molecule is CC(C)(N)Cc1nnc(C[C@@H]2CCc3cc(C(C)(O)C(F)(F)F)ccc3N2S(=O)(=O)c2ccc(F)cc2)o1. The van der Waals surface area contributed by atoms with Gasteiger partial charge in [-0.15, -0.1) is 10.2 Å². The van der Waals surface area contributed by atoms with E-state index in [0.29, 0.717) is 18.9 Å². The van der Waals surface area contributed by atoms with E-state index in [1.54, 1.807) is 13.8 Å². The number of hydrogen-bond donors (Lipinski definition) is 2. The fraction of sp³-hybridized carbons (Fsp3) is 0.440. The van der Waals surface area contributed by atoms with Crippen LogP contribution >= 0.6 is 0 Å². The first-order chi connectivity index (χ1) is 17.5. The number of rotatable bonds is 7. The molecular formula is C25H28F4N4O4S. The number of aliphatic hydroxyl groups is 1.